The number of rotatable bonds is 5. The molecule has 0 aliphatic carbocycles. The van der Waals surface area contributed by atoms with Gasteiger partial charge in [0.25, 0.3) is 11.8 Å². The van der Waals surface area contributed by atoms with Crippen molar-refractivity contribution in [2.45, 2.75) is 0 Å². The number of carbonyl (C=O) groups excluding carboxylic acids is 2. The molecule has 1 saturated heterocycles. The molecule has 0 unspecified atom stereocenters. The van der Waals surface area contributed by atoms with Gasteiger partial charge < -0.3 is 20.5 Å². The second kappa shape index (κ2) is 7.29. The maximum absolute atomic E-state index is 11.7. The summed E-state index contributed by atoms with van der Waals surface area (Å²) in [5, 5.41) is 2.55. The second-order valence-corrected chi connectivity index (χ2v) is 7.02. The van der Waals surface area contributed by atoms with Crippen LogP contribution < -0.4 is 20.5 Å². The molecule has 6 nitrogen and oxygen atoms in total. The summed E-state index contributed by atoms with van der Waals surface area (Å²) < 4.78 is 11.8. The molecular weight excluding hydrogens is 439 g/mol. The molecule has 0 bridgehead atoms. The van der Waals surface area contributed by atoms with Crippen LogP contribution in [0.4, 0.5) is 0 Å². The molecule has 1 aromatic carbocycles. The monoisotopic (exact) mass is 450 g/mol. The van der Waals surface area contributed by atoms with Gasteiger partial charge in [-0.05, 0) is 46.4 Å². The standard InChI is InChI=1S/C13H11IN2O4S2/c1-19-8-3-6(4-9-12(18)16-13(21)22-9)2-7(14)11(8)20-5-10(15)17/h2-4H,5H2,1H3,(H2,15,17)(H,16,18,21)/b9-4-. The van der Waals surface area contributed by atoms with E-state index < -0.39 is 5.91 Å². The van der Waals surface area contributed by atoms with E-state index in [1.54, 1.807) is 12.1 Å². The Bertz CT molecular complexity index is 691. The van der Waals surface area contributed by atoms with Crippen LogP contribution in [0.2, 0.25) is 0 Å². The van der Waals surface area contributed by atoms with Gasteiger partial charge >= 0.3 is 0 Å². The van der Waals surface area contributed by atoms with Gasteiger partial charge in [-0.15, -0.1) is 0 Å². The minimum absolute atomic E-state index is 0.224. The summed E-state index contributed by atoms with van der Waals surface area (Å²) in [5.74, 6) is 0.0868. The molecule has 22 heavy (non-hydrogen) atoms. The van der Waals surface area contributed by atoms with Crippen LogP contribution in [0.25, 0.3) is 6.08 Å². The third-order valence-corrected chi connectivity index (χ3v) is 4.51. The number of hydrogen-bond acceptors (Lipinski definition) is 6. The maximum atomic E-state index is 11.7. The predicted octanol–water partition coefficient (Wildman–Crippen LogP) is 1.65. The van der Waals surface area contributed by atoms with Crippen LogP contribution in [-0.4, -0.2) is 29.9 Å². The quantitative estimate of drug-likeness (QED) is 0.403. The average Bonchev–Trinajstić information content (AvgIpc) is 2.74. The summed E-state index contributed by atoms with van der Waals surface area (Å²) >= 11 is 8.20. The van der Waals surface area contributed by atoms with E-state index in [1.807, 2.05) is 6.07 Å². The molecule has 0 radical (unpaired) electrons. The lowest BCUT2D eigenvalue weighted by Crippen LogP contribution is -2.20. The third kappa shape index (κ3) is 4.11. The van der Waals surface area contributed by atoms with E-state index in [-0.39, 0.29) is 12.5 Å². The molecule has 1 aliphatic rings. The first-order valence-corrected chi connectivity index (χ1v) is 8.24. The van der Waals surface area contributed by atoms with Crippen molar-refractivity contribution in [1.29, 1.82) is 0 Å². The summed E-state index contributed by atoms with van der Waals surface area (Å²) in [6, 6.07) is 3.52. The van der Waals surface area contributed by atoms with Crippen LogP contribution in [0.15, 0.2) is 17.0 Å². The van der Waals surface area contributed by atoms with E-state index in [9.17, 15) is 9.59 Å². The molecule has 1 fully saturated rings. The van der Waals surface area contributed by atoms with E-state index in [4.69, 9.17) is 27.4 Å². The highest BCUT2D eigenvalue weighted by molar-refractivity contribution is 14.1. The van der Waals surface area contributed by atoms with Gasteiger partial charge in [-0.3, -0.25) is 9.59 Å². The molecular formula is C13H11IN2O4S2. The van der Waals surface area contributed by atoms with Gasteiger partial charge in [-0.25, -0.2) is 0 Å². The van der Waals surface area contributed by atoms with Gasteiger partial charge in [-0.2, -0.15) is 0 Å². The van der Waals surface area contributed by atoms with Crippen LogP contribution in [-0.2, 0) is 9.59 Å². The van der Waals surface area contributed by atoms with Crippen molar-refractivity contribution in [3.8, 4) is 11.5 Å². The Morgan fingerprint density at radius 2 is 2.27 bits per heavy atom. The Balaban J connectivity index is 2.33. The molecule has 0 aromatic heterocycles. The van der Waals surface area contributed by atoms with Gasteiger partial charge in [-0.1, -0.05) is 24.0 Å². The Hall–Kier alpha value is -1.33. The fraction of sp³-hybridized carbons (Fsp3) is 0.154. The molecule has 3 N–H and O–H groups in total. The Morgan fingerprint density at radius 3 is 2.82 bits per heavy atom. The van der Waals surface area contributed by atoms with Crippen molar-refractivity contribution in [3.63, 3.8) is 0 Å². The van der Waals surface area contributed by atoms with Gasteiger partial charge in [0.05, 0.1) is 15.6 Å². The minimum Gasteiger partial charge on any atom is -0.493 e. The lowest BCUT2D eigenvalue weighted by atomic mass is 10.2. The highest BCUT2D eigenvalue weighted by atomic mass is 127. The smallest absolute Gasteiger partial charge is 0.263 e. The van der Waals surface area contributed by atoms with Crippen LogP contribution >= 0.6 is 46.6 Å². The maximum Gasteiger partial charge on any atom is 0.263 e. The number of ether oxygens (including phenoxy) is 2. The molecule has 1 heterocycles. The highest BCUT2D eigenvalue weighted by Crippen LogP contribution is 2.35. The van der Waals surface area contributed by atoms with Crippen molar-refractivity contribution >= 4 is 68.8 Å². The predicted molar refractivity (Wildman–Crippen MR) is 96.7 cm³/mol. The van der Waals surface area contributed by atoms with Crippen molar-refractivity contribution in [2.24, 2.45) is 5.73 Å². The fourth-order valence-electron chi connectivity index (χ4n) is 1.68. The van der Waals surface area contributed by atoms with Crippen molar-refractivity contribution < 1.29 is 19.1 Å². The van der Waals surface area contributed by atoms with Crippen LogP contribution in [0.1, 0.15) is 5.56 Å². The largest absolute Gasteiger partial charge is 0.493 e. The first-order chi connectivity index (χ1) is 10.4. The number of hydrogen-bond donors (Lipinski definition) is 2. The Kier molecular flexibility index (Phi) is 5.64. The summed E-state index contributed by atoms with van der Waals surface area (Å²) in [5.41, 5.74) is 5.83. The molecule has 1 aromatic rings. The van der Waals surface area contributed by atoms with Crippen LogP contribution in [0.3, 0.4) is 0 Å². The average molecular weight is 450 g/mol. The normalized spacial score (nSPS) is 15.8. The number of halogens is 1. The van der Waals surface area contributed by atoms with Crippen molar-refractivity contribution in [1.82, 2.24) is 5.32 Å². The lowest BCUT2D eigenvalue weighted by Gasteiger charge is -2.12. The van der Waals surface area contributed by atoms with E-state index in [1.165, 1.54) is 18.9 Å². The second-order valence-electron chi connectivity index (χ2n) is 4.14. The molecule has 0 spiro atoms. The van der Waals surface area contributed by atoms with Gasteiger partial charge in [0.15, 0.2) is 18.1 Å². The fourth-order valence-corrected chi connectivity index (χ4v) is 3.50. The van der Waals surface area contributed by atoms with E-state index in [0.717, 1.165) is 9.13 Å². The molecule has 9 heteroatoms. The van der Waals surface area contributed by atoms with Crippen LogP contribution in [0, 0.1) is 3.57 Å². The number of benzene rings is 1. The molecule has 1 aliphatic heterocycles. The SMILES string of the molecule is COc1cc(/C=C2\SC(=S)NC2=O)cc(I)c1OCC(N)=O. The highest BCUT2D eigenvalue weighted by Gasteiger charge is 2.22. The Morgan fingerprint density at radius 1 is 1.55 bits per heavy atom. The van der Waals surface area contributed by atoms with Gasteiger partial charge in [0.2, 0.25) is 0 Å². The van der Waals surface area contributed by atoms with Crippen molar-refractivity contribution in [2.75, 3.05) is 13.7 Å². The number of primary amides is 1. The topological polar surface area (TPSA) is 90.7 Å². The molecule has 0 atom stereocenters. The molecule has 2 amide bonds. The summed E-state index contributed by atoms with van der Waals surface area (Å²) in [6.45, 7) is -0.237. The minimum atomic E-state index is -0.573. The lowest BCUT2D eigenvalue weighted by molar-refractivity contribution is -0.120. The van der Waals surface area contributed by atoms with E-state index in [0.29, 0.717) is 20.7 Å². The first-order valence-electron chi connectivity index (χ1n) is 5.94. The van der Waals surface area contributed by atoms with Gasteiger partial charge in [0, 0.05) is 0 Å². The van der Waals surface area contributed by atoms with Crippen LogP contribution in [0.5, 0.6) is 11.5 Å². The van der Waals surface area contributed by atoms with E-state index >= 15 is 0 Å². The zero-order valence-corrected chi connectivity index (χ0v) is 15.1. The number of nitrogens with one attached hydrogen (secondary N) is 1. The van der Waals surface area contributed by atoms with Gasteiger partial charge in [0.1, 0.15) is 4.32 Å². The summed E-state index contributed by atoms with van der Waals surface area (Å²) in [6.07, 6.45) is 1.71. The molecule has 116 valence electrons. The molecule has 2 rings (SSSR count). The first kappa shape index (κ1) is 17.0. The zero-order valence-electron chi connectivity index (χ0n) is 11.3. The van der Waals surface area contributed by atoms with E-state index in [2.05, 4.69) is 27.9 Å². The zero-order chi connectivity index (χ0) is 16.3. The number of nitrogens with two attached hydrogens (primary N) is 1. The Labute approximate surface area is 149 Å². The molecule has 0 saturated carbocycles. The number of thioether (sulfide) groups is 1. The number of amides is 2. The summed E-state index contributed by atoms with van der Waals surface area (Å²) in [4.78, 5) is 23.0. The number of thiocarbonyl (C=S) groups is 1. The summed E-state index contributed by atoms with van der Waals surface area (Å²) in [7, 11) is 1.49. The number of methoxy groups -OCH3 is 1. The number of carbonyl (C=O) groups is 2. The third-order valence-electron chi connectivity index (χ3n) is 2.55. The van der Waals surface area contributed by atoms with Crippen molar-refractivity contribution in [3.05, 3.63) is 26.2 Å².